The smallest absolute Gasteiger partial charge is 0.148 e. The molecule has 0 amide bonds. The fraction of sp³-hybridized carbons (Fsp3) is 0.600. The maximum Gasteiger partial charge on any atom is 0.148 e. The van der Waals surface area contributed by atoms with Gasteiger partial charge in [0.15, 0.2) is 0 Å². The van der Waals surface area contributed by atoms with Crippen molar-refractivity contribution in [3.05, 3.63) is 35.9 Å². The van der Waals surface area contributed by atoms with E-state index in [4.69, 9.17) is 0 Å². The highest BCUT2D eigenvalue weighted by Crippen LogP contribution is 2.23. The van der Waals surface area contributed by atoms with Crippen LogP contribution in [0.2, 0.25) is 0 Å². The van der Waals surface area contributed by atoms with Gasteiger partial charge in [0.2, 0.25) is 0 Å². The summed E-state index contributed by atoms with van der Waals surface area (Å²) in [5.74, 6) is 0.176. The van der Waals surface area contributed by atoms with Crippen molar-refractivity contribution in [1.29, 1.82) is 0 Å². The SMILES string of the molecule is CCNC(c1ccccc1)C(CC)S(=O)CCS(C)(=O)=O. The van der Waals surface area contributed by atoms with Gasteiger partial charge in [0, 0.05) is 28.9 Å². The molecule has 1 aromatic carbocycles. The van der Waals surface area contributed by atoms with Crippen LogP contribution < -0.4 is 5.32 Å². The second-order valence-electron chi connectivity index (χ2n) is 5.11. The molecule has 0 spiro atoms. The van der Waals surface area contributed by atoms with Crippen LogP contribution in [0.15, 0.2) is 30.3 Å². The van der Waals surface area contributed by atoms with Gasteiger partial charge in [-0.3, -0.25) is 4.21 Å². The maximum absolute atomic E-state index is 12.5. The third-order valence-corrected chi connectivity index (χ3v) is 6.44. The van der Waals surface area contributed by atoms with Crippen molar-refractivity contribution in [3.8, 4) is 0 Å². The van der Waals surface area contributed by atoms with Crippen LogP contribution in [-0.4, -0.2) is 42.2 Å². The average molecular weight is 332 g/mol. The largest absolute Gasteiger partial charge is 0.309 e. The molecule has 1 rings (SSSR count). The Hall–Kier alpha value is -0.720. The molecule has 0 aliphatic carbocycles. The zero-order valence-electron chi connectivity index (χ0n) is 12.9. The summed E-state index contributed by atoms with van der Waals surface area (Å²) in [4.78, 5) is 0. The van der Waals surface area contributed by atoms with E-state index in [2.05, 4.69) is 5.32 Å². The molecule has 21 heavy (non-hydrogen) atoms. The minimum absolute atomic E-state index is 0.0124. The van der Waals surface area contributed by atoms with Gasteiger partial charge in [-0.2, -0.15) is 0 Å². The van der Waals surface area contributed by atoms with Crippen molar-refractivity contribution in [3.63, 3.8) is 0 Å². The molecule has 6 heteroatoms. The van der Waals surface area contributed by atoms with Gasteiger partial charge in [0.25, 0.3) is 0 Å². The van der Waals surface area contributed by atoms with Gasteiger partial charge < -0.3 is 5.32 Å². The van der Waals surface area contributed by atoms with Crippen LogP contribution in [0.5, 0.6) is 0 Å². The summed E-state index contributed by atoms with van der Waals surface area (Å²) < 4.78 is 35.0. The highest BCUT2D eigenvalue weighted by Gasteiger charge is 2.26. The van der Waals surface area contributed by atoms with E-state index in [9.17, 15) is 12.6 Å². The number of hydrogen-bond acceptors (Lipinski definition) is 4. The third kappa shape index (κ3) is 6.28. The molecule has 0 aliphatic rings. The Kier molecular flexibility index (Phi) is 7.56. The predicted octanol–water partition coefficient (Wildman–Crippen LogP) is 1.91. The normalized spacial score (nSPS) is 16.3. The minimum Gasteiger partial charge on any atom is -0.309 e. The second-order valence-corrected chi connectivity index (χ2v) is 9.14. The number of rotatable bonds is 9. The molecule has 0 saturated carbocycles. The average Bonchev–Trinajstić information content (AvgIpc) is 2.45. The molecule has 3 unspecified atom stereocenters. The van der Waals surface area contributed by atoms with E-state index in [1.807, 2.05) is 44.2 Å². The van der Waals surface area contributed by atoms with Gasteiger partial charge in [-0.15, -0.1) is 0 Å². The summed E-state index contributed by atoms with van der Waals surface area (Å²) in [6, 6.07) is 9.90. The van der Waals surface area contributed by atoms with Gasteiger partial charge in [-0.25, -0.2) is 8.42 Å². The third-order valence-electron chi connectivity index (χ3n) is 3.35. The Balaban J connectivity index is 2.89. The summed E-state index contributed by atoms with van der Waals surface area (Å²) >= 11 is 0. The molecule has 4 nitrogen and oxygen atoms in total. The van der Waals surface area contributed by atoms with Crippen LogP contribution in [-0.2, 0) is 20.6 Å². The molecule has 0 aliphatic heterocycles. The summed E-state index contributed by atoms with van der Waals surface area (Å²) in [6.07, 6.45) is 1.92. The van der Waals surface area contributed by atoms with Gasteiger partial charge >= 0.3 is 0 Å². The summed E-state index contributed by atoms with van der Waals surface area (Å²) in [5.41, 5.74) is 1.10. The maximum atomic E-state index is 12.5. The van der Waals surface area contributed by atoms with Crippen molar-refractivity contribution < 1.29 is 12.6 Å². The predicted molar refractivity (Wildman–Crippen MR) is 89.7 cm³/mol. The van der Waals surface area contributed by atoms with E-state index in [0.717, 1.165) is 18.5 Å². The van der Waals surface area contributed by atoms with Crippen LogP contribution in [0.4, 0.5) is 0 Å². The summed E-state index contributed by atoms with van der Waals surface area (Å²) in [5, 5.41) is 3.30. The zero-order valence-corrected chi connectivity index (χ0v) is 14.5. The number of nitrogens with one attached hydrogen (secondary N) is 1. The molecule has 0 fully saturated rings. The van der Waals surface area contributed by atoms with Crippen molar-refractivity contribution in [2.24, 2.45) is 0 Å². The first-order valence-electron chi connectivity index (χ1n) is 7.22. The van der Waals surface area contributed by atoms with E-state index in [-0.39, 0.29) is 22.8 Å². The van der Waals surface area contributed by atoms with Crippen LogP contribution in [0.1, 0.15) is 31.9 Å². The minimum atomic E-state index is -3.08. The van der Waals surface area contributed by atoms with Gasteiger partial charge in [0.05, 0.1) is 11.0 Å². The van der Waals surface area contributed by atoms with Crippen molar-refractivity contribution in [1.82, 2.24) is 5.32 Å². The molecule has 0 heterocycles. The summed E-state index contributed by atoms with van der Waals surface area (Å²) in [7, 11) is -4.26. The number of sulfone groups is 1. The molecule has 0 radical (unpaired) electrons. The highest BCUT2D eigenvalue weighted by atomic mass is 32.2. The molecular formula is C15H25NO3S2. The fourth-order valence-corrected chi connectivity index (χ4v) is 5.40. The Morgan fingerprint density at radius 3 is 2.29 bits per heavy atom. The Labute approximate surface area is 130 Å². The van der Waals surface area contributed by atoms with Crippen LogP contribution in [0, 0.1) is 0 Å². The second kappa shape index (κ2) is 8.66. The fourth-order valence-electron chi connectivity index (χ4n) is 2.30. The number of hydrogen-bond donors (Lipinski definition) is 1. The van der Waals surface area contributed by atoms with E-state index in [0.29, 0.717) is 0 Å². The quantitative estimate of drug-likeness (QED) is 0.751. The molecule has 120 valence electrons. The van der Waals surface area contributed by atoms with E-state index in [1.54, 1.807) is 0 Å². The standard InChI is InChI=1S/C15H25NO3S2/c1-4-14(20(17)11-12-21(3,18)19)15(16-5-2)13-9-7-6-8-10-13/h6-10,14-16H,4-5,11-12H2,1-3H3. The van der Waals surface area contributed by atoms with Crippen LogP contribution in [0.25, 0.3) is 0 Å². The highest BCUT2D eigenvalue weighted by molar-refractivity contribution is 7.92. The van der Waals surface area contributed by atoms with Crippen LogP contribution in [0.3, 0.4) is 0 Å². The Morgan fingerprint density at radius 1 is 1.19 bits per heavy atom. The summed E-state index contributed by atoms with van der Waals surface area (Å²) in [6.45, 7) is 4.79. The molecule has 3 atom stereocenters. The van der Waals surface area contributed by atoms with Gasteiger partial charge in [-0.05, 0) is 18.5 Å². The zero-order chi connectivity index (χ0) is 15.9. The lowest BCUT2D eigenvalue weighted by atomic mass is 10.0. The first-order valence-corrected chi connectivity index (χ1v) is 10.7. The van der Waals surface area contributed by atoms with Crippen molar-refractivity contribution >= 4 is 20.6 Å². The molecule has 0 saturated heterocycles. The van der Waals surface area contributed by atoms with Gasteiger partial charge in [0.1, 0.15) is 9.84 Å². The van der Waals surface area contributed by atoms with Crippen molar-refractivity contribution in [2.75, 3.05) is 24.3 Å². The molecule has 0 aromatic heterocycles. The van der Waals surface area contributed by atoms with E-state index < -0.39 is 20.6 Å². The van der Waals surface area contributed by atoms with Crippen molar-refractivity contribution in [2.45, 2.75) is 31.6 Å². The molecule has 0 bridgehead atoms. The lowest BCUT2D eigenvalue weighted by molar-refractivity contribution is 0.509. The Morgan fingerprint density at radius 2 is 1.81 bits per heavy atom. The number of benzene rings is 1. The first kappa shape index (κ1) is 18.3. The van der Waals surface area contributed by atoms with Crippen LogP contribution >= 0.6 is 0 Å². The van der Waals surface area contributed by atoms with E-state index >= 15 is 0 Å². The van der Waals surface area contributed by atoms with Gasteiger partial charge in [-0.1, -0.05) is 44.2 Å². The lowest BCUT2D eigenvalue weighted by Crippen LogP contribution is -2.36. The topological polar surface area (TPSA) is 63.2 Å². The van der Waals surface area contributed by atoms with E-state index in [1.165, 1.54) is 6.26 Å². The Bertz CT molecular complexity index is 543. The lowest BCUT2D eigenvalue weighted by Gasteiger charge is -2.27. The first-order chi connectivity index (χ1) is 9.89. The molecule has 1 aromatic rings. The molecular weight excluding hydrogens is 306 g/mol. The molecule has 1 N–H and O–H groups in total. The monoisotopic (exact) mass is 331 g/mol.